The largest absolute Gasteiger partial charge is 0.508 e. The number of phenolic OH excluding ortho intramolecular Hbond substituents is 1. The fraction of sp³-hybridized carbons (Fsp3) is 0.333. The van der Waals surface area contributed by atoms with Gasteiger partial charge in [-0.05, 0) is 44.2 Å². The van der Waals surface area contributed by atoms with Gasteiger partial charge in [0.05, 0.1) is 44.1 Å². The molecule has 1 amide bonds. The van der Waals surface area contributed by atoms with E-state index in [1.54, 1.807) is 30.0 Å². The van der Waals surface area contributed by atoms with E-state index in [1.807, 2.05) is 6.07 Å². The number of nitrogens with zero attached hydrogens (tertiary/aromatic N) is 2. The van der Waals surface area contributed by atoms with Crippen molar-refractivity contribution >= 4 is 17.3 Å². The van der Waals surface area contributed by atoms with E-state index in [0.29, 0.717) is 22.5 Å². The number of rotatable bonds is 5. The van der Waals surface area contributed by atoms with Crippen LogP contribution in [-0.4, -0.2) is 49.4 Å². The smallest absolute Gasteiger partial charge is 0.271 e. The van der Waals surface area contributed by atoms with Gasteiger partial charge in [-0.1, -0.05) is 12.1 Å². The lowest BCUT2D eigenvalue weighted by Gasteiger charge is -2.33. The molecule has 0 radical (unpaired) electrons. The van der Waals surface area contributed by atoms with Crippen LogP contribution in [0, 0.1) is 5.82 Å². The van der Waals surface area contributed by atoms with Gasteiger partial charge in [-0.2, -0.15) is 5.10 Å². The van der Waals surface area contributed by atoms with Crippen LogP contribution in [-0.2, 0) is 0 Å². The number of aromatic hydroxyl groups is 1. The minimum Gasteiger partial charge on any atom is -0.508 e. The number of quaternary nitrogens is 1. The Balaban J connectivity index is 1.67. The number of piperazine rings is 1. The van der Waals surface area contributed by atoms with Gasteiger partial charge in [0.25, 0.3) is 5.91 Å². The maximum atomic E-state index is 14.7. The van der Waals surface area contributed by atoms with Crippen LogP contribution >= 0.6 is 0 Å². The topological polar surface area (TPSA) is 69.4 Å². The Hall–Kier alpha value is -2.93. The molecule has 0 atom stereocenters. The zero-order chi connectivity index (χ0) is 20.1. The molecule has 3 rings (SSSR count). The summed E-state index contributed by atoms with van der Waals surface area (Å²) in [5.41, 5.74) is 4.45. The first-order valence-corrected chi connectivity index (χ1v) is 9.50. The minimum absolute atomic E-state index is 0.00683. The molecule has 1 aliphatic heterocycles. The molecule has 0 saturated carbocycles. The summed E-state index contributed by atoms with van der Waals surface area (Å²) in [4.78, 5) is 15.7. The molecule has 0 bridgehead atoms. The molecule has 6 nitrogen and oxygen atoms in total. The Bertz CT molecular complexity index is 876. The lowest BCUT2D eigenvalue weighted by molar-refractivity contribution is -0.898. The molecule has 0 unspecified atom stereocenters. The van der Waals surface area contributed by atoms with Crippen molar-refractivity contribution in [2.45, 2.75) is 13.8 Å². The van der Waals surface area contributed by atoms with Crippen LogP contribution in [0.4, 0.5) is 10.1 Å². The highest BCUT2D eigenvalue weighted by Crippen LogP contribution is 2.21. The van der Waals surface area contributed by atoms with Crippen LogP contribution in [0.5, 0.6) is 5.75 Å². The maximum absolute atomic E-state index is 14.7. The van der Waals surface area contributed by atoms with Gasteiger partial charge in [0.15, 0.2) is 0 Å². The summed E-state index contributed by atoms with van der Waals surface area (Å²) < 4.78 is 14.7. The molecule has 7 heteroatoms. The molecule has 1 saturated heterocycles. The van der Waals surface area contributed by atoms with Gasteiger partial charge in [0.2, 0.25) is 0 Å². The predicted molar refractivity (Wildman–Crippen MR) is 108 cm³/mol. The minimum atomic E-state index is -0.441. The second-order valence-corrected chi connectivity index (χ2v) is 6.95. The van der Waals surface area contributed by atoms with Crippen molar-refractivity contribution in [1.29, 1.82) is 0 Å². The fourth-order valence-corrected chi connectivity index (χ4v) is 3.32. The van der Waals surface area contributed by atoms with E-state index in [1.165, 1.54) is 18.2 Å². The zero-order valence-electron chi connectivity index (χ0n) is 16.2. The third kappa shape index (κ3) is 4.67. The molecular weight excluding hydrogens is 359 g/mol. The van der Waals surface area contributed by atoms with Crippen LogP contribution in [0.3, 0.4) is 0 Å². The van der Waals surface area contributed by atoms with E-state index in [9.17, 15) is 14.3 Å². The monoisotopic (exact) mass is 385 g/mol. The SMILES string of the molecule is CC[NH+]1CCN(c2ccc(/C(C)=N\NC(=O)c3cccc(O)c3)cc2F)CC1. The van der Waals surface area contributed by atoms with Gasteiger partial charge < -0.3 is 14.9 Å². The van der Waals surface area contributed by atoms with Crippen LogP contribution in [0.2, 0.25) is 0 Å². The van der Waals surface area contributed by atoms with Gasteiger partial charge in [-0.3, -0.25) is 4.79 Å². The van der Waals surface area contributed by atoms with E-state index < -0.39 is 5.91 Å². The van der Waals surface area contributed by atoms with Crippen molar-refractivity contribution in [3.63, 3.8) is 0 Å². The molecule has 1 fully saturated rings. The molecule has 0 aromatic heterocycles. The van der Waals surface area contributed by atoms with E-state index in [2.05, 4.69) is 22.4 Å². The van der Waals surface area contributed by atoms with Crippen LogP contribution in [0.1, 0.15) is 29.8 Å². The van der Waals surface area contributed by atoms with Crippen LogP contribution in [0.25, 0.3) is 0 Å². The number of hydrogen-bond acceptors (Lipinski definition) is 4. The van der Waals surface area contributed by atoms with Crippen molar-refractivity contribution in [3.05, 3.63) is 59.4 Å². The first-order valence-electron chi connectivity index (χ1n) is 9.50. The number of nitrogens with one attached hydrogen (secondary N) is 2. The third-order valence-corrected chi connectivity index (χ3v) is 5.11. The Labute approximate surface area is 164 Å². The number of benzene rings is 2. The molecule has 1 aliphatic rings. The third-order valence-electron chi connectivity index (χ3n) is 5.11. The molecule has 2 aromatic rings. The number of hydrazone groups is 1. The van der Waals surface area contributed by atoms with Crippen molar-refractivity contribution < 1.29 is 19.2 Å². The second kappa shape index (κ2) is 8.84. The van der Waals surface area contributed by atoms with E-state index >= 15 is 0 Å². The number of carbonyl (C=O) groups excluding carboxylic acids is 1. The van der Waals surface area contributed by atoms with E-state index in [-0.39, 0.29) is 11.6 Å². The number of hydrogen-bond donors (Lipinski definition) is 3. The number of likely N-dealkylation sites (N-methyl/N-ethyl adjacent to an activating group) is 1. The Morgan fingerprint density at radius 3 is 2.61 bits per heavy atom. The Morgan fingerprint density at radius 2 is 1.96 bits per heavy atom. The lowest BCUT2D eigenvalue weighted by Crippen LogP contribution is -3.14. The number of carbonyl (C=O) groups is 1. The molecule has 28 heavy (non-hydrogen) atoms. The molecular formula is C21H26FN4O2+. The highest BCUT2D eigenvalue weighted by atomic mass is 19.1. The summed E-state index contributed by atoms with van der Waals surface area (Å²) in [6.45, 7) is 8.68. The molecule has 0 spiro atoms. The van der Waals surface area contributed by atoms with Gasteiger partial charge in [0, 0.05) is 11.1 Å². The molecule has 1 heterocycles. The Kier molecular flexibility index (Phi) is 6.26. The van der Waals surface area contributed by atoms with Crippen LogP contribution in [0.15, 0.2) is 47.6 Å². The maximum Gasteiger partial charge on any atom is 0.271 e. The molecule has 2 aromatic carbocycles. The van der Waals surface area contributed by atoms with Gasteiger partial charge in [-0.15, -0.1) is 0 Å². The average molecular weight is 385 g/mol. The molecule has 148 valence electrons. The standard InChI is InChI=1S/C21H25FN4O2/c1-3-25-9-11-26(12-10-25)20-8-7-16(14-19(20)22)15(2)23-24-21(28)17-5-4-6-18(27)13-17/h4-8,13-14,27H,3,9-12H2,1-2H3,(H,24,28)/p+1/b23-15-. The van der Waals surface area contributed by atoms with Crippen molar-refractivity contribution in [2.24, 2.45) is 5.10 Å². The average Bonchev–Trinajstić information content (AvgIpc) is 2.71. The van der Waals surface area contributed by atoms with Gasteiger partial charge in [-0.25, -0.2) is 9.82 Å². The summed E-state index contributed by atoms with van der Waals surface area (Å²) in [6.07, 6.45) is 0. The quantitative estimate of drug-likeness (QED) is 0.539. The molecule has 3 N–H and O–H groups in total. The highest BCUT2D eigenvalue weighted by molar-refractivity contribution is 6.01. The van der Waals surface area contributed by atoms with E-state index in [4.69, 9.17) is 0 Å². The Morgan fingerprint density at radius 1 is 1.21 bits per heavy atom. The van der Waals surface area contributed by atoms with Crippen molar-refractivity contribution in [2.75, 3.05) is 37.6 Å². The van der Waals surface area contributed by atoms with Crippen molar-refractivity contribution in [3.8, 4) is 5.75 Å². The summed E-state index contributed by atoms with van der Waals surface area (Å²) in [5.74, 6) is -0.720. The number of amides is 1. The zero-order valence-corrected chi connectivity index (χ0v) is 16.2. The first-order chi connectivity index (χ1) is 13.5. The molecule has 0 aliphatic carbocycles. The van der Waals surface area contributed by atoms with E-state index in [0.717, 1.165) is 32.7 Å². The number of anilines is 1. The second-order valence-electron chi connectivity index (χ2n) is 6.95. The fourth-order valence-electron chi connectivity index (χ4n) is 3.32. The summed E-state index contributed by atoms with van der Waals surface area (Å²) in [7, 11) is 0. The summed E-state index contributed by atoms with van der Waals surface area (Å²) in [6, 6.07) is 11.0. The van der Waals surface area contributed by atoms with Gasteiger partial charge >= 0.3 is 0 Å². The lowest BCUT2D eigenvalue weighted by atomic mass is 10.1. The highest BCUT2D eigenvalue weighted by Gasteiger charge is 2.21. The summed E-state index contributed by atoms with van der Waals surface area (Å²) in [5, 5.41) is 13.5. The number of halogens is 1. The predicted octanol–water partition coefficient (Wildman–Crippen LogP) is 1.41. The summed E-state index contributed by atoms with van der Waals surface area (Å²) >= 11 is 0. The van der Waals surface area contributed by atoms with Gasteiger partial charge in [0.1, 0.15) is 11.6 Å². The van der Waals surface area contributed by atoms with Crippen LogP contribution < -0.4 is 15.2 Å². The number of phenols is 1. The first kappa shape index (κ1) is 19.8. The van der Waals surface area contributed by atoms with Crippen molar-refractivity contribution in [1.82, 2.24) is 5.43 Å². The normalized spacial score (nSPS) is 15.5.